The molecule has 1 aromatic rings. The quantitative estimate of drug-likeness (QED) is 0.877. The Balaban J connectivity index is 2.77. The van der Waals surface area contributed by atoms with Crippen LogP contribution in [-0.2, 0) is 10.9 Å². The lowest BCUT2D eigenvalue weighted by Gasteiger charge is -2.20. The zero-order chi connectivity index (χ0) is 13.8. The molecule has 0 amide bonds. The van der Waals surface area contributed by atoms with Crippen molar-refractivity contribution in [2.45, 2.75) is 32.1 Å². The first kappa shape index (κ1) is 15.0. The van der Waals surface area contributed by atoms with Gasteiger partial charge in [-0.25, -0.2) is 0 Å². The molecule has 0 radical (unpaired) electrons. The number of ether oxygens (including phenoxy) is 1. The van der Waals surface area contributed by atoms with Crippen LogP contribution in [0.4, 0.5) is 13.2 Å². The van der Waals surface area contributed by atoms with Gasteiger partial charge in [0.15, 0.2) is 0 Å². The molecule has 0 fully saturated rings. The second-order valence-corrected chi connectivity index (χ2v) is 4.37. The van der Waals surface area contributed by atoms with E-state index in [-0.39, 0.29) is 12.1 Å². The lowest BCUT2D eigenvalue weighted by molar-refractivity contribution is -0.137. The van der Waals surface area contributed by atoms with Crippen molar-refractivity contribution in [3.8, 4) is 0 Å². The molecule has 5 heteroatoms. The van der Waals surface area contributed by atoms with Crippen LogP contribution < -0.4 is 5.32 Å². The van der Waals surface area contributed by atoms with Crippen molar-refractivity contribution in [3.05, 3.63) is 35.4 Å². The maximum atomic E-state index is 12.6. The van der Waals surface area contributed by atoms with E-state index in [1.165, 1.54) is 12.1 Å². The van der Waals surface area contributed by atoms with Gasteiger partial charge in [0.2, 0.25) is 0 Å². The van der Waals surface area contributed by atoms with Crippen molar-refractivity contribution >= 4 is 0 Å². The van der Waals surface area contributed by atoms with Gasteiger partial charge in [0.05, 0.1) is 12.2 Å². The van der Waals surface area contributed by atoms with Crippen molar-refractivity contribution < 1.29 is 17.9 Å². The second-order valence-electron chi connectivity index (χ2n) is 4.37. The Labute approximate surface area is 105 Å². The molecular formula is C13H18F3NO. The summed E-state index contributed by atoms with van der Waals surface area (Å²) in [5.41, 5.74) is 0.000762. The Hall–Kier alpha value is -1.07. The highest BCUT2D eigenvalue weighted by molar-refractivity contribution is 5.27. The maximum Gasteiger partial charge on any atom is 0.416 e. The normalized spacial score (nSPS) is 15.4. The van der Waals surface area contributed by atoms with Gasteiger partial charge in [-0.1, -0.05) is 12.1 Å². The summed E-state index contributed by atoms with van der Waals surface area (Å²) in [6.45, 7) is 4.28. The minimum Gasteiger partial charge on any atom is -0.383 e. The first-order valence-corrected chi connectivity index (χ1v) is 5.76. The lowest BCUT2D eigenvalue weighted by atomic mass is 10.0. The van der Waals surface area contributed by atoms with Gasteiger partial charge in [0, 0.05) is 19.2 Å². The standard InChI is InChI=1S/C13H18F3NO/c1-9(8-18-3)17-10(2)11-5-4-6-12(7-11)13(14,15)16/h4-7,9-10,17H,8H2,1-3H3. The Morgan fingerprint density at radius 2 is 1.94 bits per heavy atom. The van der Waals surface area contributed by atoms with E-state index >= 15 is 0 Å². The van der Waals surface area contributed by atoms with Gasteiger partial charge in [-0.3, -0.25) is 0 Å². The predicted octanol–water partition coefficient (Wildman–Crippen LogP) is 3.39. The zero-order valence-electron chi connectivity index (χ0n) is 10.7. The van der Waals surface area contributed by atoms with Crippen LogP contribution in [0.15, 0.2) is 24.3 Å². The van der Waals surface area contributed by atoms with Crippen LogP contribution in [0.25, 0.3) is 0 Å². The van der Waals surface area contributed by atoms with Crippen molar-refractivity contribution in [3.63, 3.8) is 0 Å². The van der Waals surface area contributed by atoms with Crippen molar-refractivity contribution in [2.75, 3.05) is 13.7 Å². The number of nitrogens with one attached hydrogen (secondary N) is 1. The summed E-state index contributed by atoms with van der Waals surface area (Å²) < 4.78 is 42.7. The van der Waals surface area contributed by atoms with E-state index < -0.39 is 11.7 Å². The van der Waals surface area contributed by atoms with Crippen LogP contribution in [-0.4, -0.2) is 19.8 Å². The molecule has 0 heterocycles. The molecule has 0 aliphatic carbocycles. The molecule has 0 aromatic heterocycles. The highest BCUT2D eigenvalue weighted by Crippen LogP contribution is 2.30. The van der Waals surface area contributed by atoms with Gasteiger partial charge in [-0.2, -0.15) is 13.2 Å². The topological polar surface area (TPSA) is 21.3 Å². The van der Waals surface area contributed by atoms with Crippen LogP contribution >= 0.6 is 0 Å². The van der Waals surface area contributed by atoms with Gasteiger partial charge >= 0.3 is 6.18 Å². The van der Waals surface area contributed by atoms with E-state index in [2.05, 4.69) is 5.32 Å². The van der Waals surface area contributed by atoms with E-state index in [4.69, 9.17) is 4.74 Å². The fourth-order valence-corrected chi connectivity index (χ4v) is 1.81. The van der Waals surface area contributed by atoms with E-state index in [0.717, 1.165) is 6.07 Å². The number of alkyl halides is 3. The van der Waals surface area contributed by atoms with E-state index in [1.54, 1.807) is 13.2 Å². The van der Waals surface area contributed by atoms with Crippen molar-refractivity contribution in [1.82, 2.24) is 5.32 Å². The first-order chi connectivity index (χ1) is 8.34. The third-order valence-electron chi connectivity index (χ3n) is 2.67. The largest absolute Gasteiger partial charge is 0.416 e. The first-order valence-electron chi connectivity index (χ1n) is 5.76. The van der Waals surface area contributed by atoms with Gasteiger partial charge in [-0.05, 0) is 31.5 Å². The average molecular weight is 261 g/mol. The van der Waals surface area contributed by atoms with Crippen LogP contribution in [0.1, 0.15) is 31.0 Å². The summed E-state index contributed by atoms with van der Waals surface area (Å²) in [6, 6.07) is 5.30. The summed E-state index contributed by atoms with van der Waals surface area (Å²) >= 11 is 0. The molecule has 0 aliphatic heterocycles. The van der Waals surface area contributed by atoms with Gasteiger partial charge < -0.3 is 10.1 Å². The Morgan fingerprint density at radius 3 is 2.50 bits per heavy atom. The molecule has 0 aliphatic rings. The molecule has 2 atom stereocenters. The summed E-state index contributed by atoms with van der Waals surface area (Å²) in [5.74, 6) is 0. The fourth-order valence-electron chi connectivity index (χ4n) is 1.81. The summed E-state index contributed by atoms with van der Waals surface area (Å²) in [4.78, 5) is 0. The molecule has 1 aromatic carbocycles. The second kappa shape index (κ2) is 6.20. The maximum absolute atomic E-state index is 12.6. The molecule has 1 rings (SSSR count). The fraction of sp³-hybridized carbons (Fsp3) is 0.538. The number of methoxy groups -OCH3 is 1. The van der Waals surface area contributed by atoms with E-state index in [1.807, 2.05) is 13.8 Å². The molecule has 1 N–H and O–H groups in total. The molecule has 2 unspecified atom stereocenters. The third-order valence-corrected chi connectivity index (χ3v) is 2.67. The minimum atomic E-state index is -4.30. The Morgan fingerprint density at radius 1 is 1.28 bits per heavy atom. The molecule has 102 valence electrons. The number of benzene rings is 1. The highest BCUT2D eigenvalue weighted by atomic mass is 19.4. The van der Waals surface area contributed by atoms with Gasteiger partial charge in [0.1, 0.15) is 0 Å². The zero-order valence-corrected chi connectivity index (χ0v) is 10.7. The predicted molar refractivity (Wildman–Crippen MR) is 64.3 cm³/mol. The number of halogens is 3. The highest BCUT2D eigenvalue weighted by Gasteiger charge is 2.30. The monoisotopic (exact) mass is 261 g/mol. The van der Waals surface area contributed by atoms with Crippen LogP contribution in [0.5, 0.6) is 0 Å². The molecule has 0 spiro atoms. The summed E-state index contributed by atoms with van der Waals surface area (Å²) in [6.07, 6.45) is -4.30. The van der Waals surface area contributed by atoms with Crippen LogP contribution in [0, 0.1) is 0 Å². The van der Waals surface area contributed by atoms with Crippen molar-refractivity contribution in [1.29, 1.82) is 0 Å². The number of rotatable bonds is 5. The molecule has 0 saturated heterocycles. The number of hydrogen-bond acceptors (Lipinski definition) is 2. The minimum absolute atomic E-state index is 0.0829. The van der Waals surface area contributed by atoms with Crippen molar-refractivity contribution in [2.24, 2.45) is 0 Å². The SMILES string of the molecule is COCC(C)NC(C)c1cccc(C(F)(F)F)c1. The molecule has 18 heavy (non-hydrogen) atoms. The lowest BCUT2D eigenvalue weighted by Crippen LogP contribution is -2.32. The van der Waals surface area contributed by atoms with E-state index in [9.17, 15) is 13.2 Å². The Bertz CT molecular complexity index is 379. The average Bonchev–Trinajstić information content (AvgIpc) is 2.28. The van der Waals surface area contributed by atoms with Crippen LogP contribution in [0.3, 0.4) is 0 Å². The number of hydrogen-bond donors (Lipinski definition) is 1. The third kappa shape index (κ3) is 4.31. The Kier molecular flexibility index (Phi) is 5.16. The molecular weight excluding hydrogens is 243 g/mol. The molecule has 2 nitrogen and oxygen atoms in total. The summed E-state index contributed by atoms with van der Waals surface area (Å²) in [7, 11) is 1.59. The summed E-state index contributed by atoms with van der Waals surface area (Å²) in [5, 5.41) is 3.18. The van der Waals surface area contributed by atoms with Crippen LogP contribution in [0.2, 0.25) is 0 Å². The van der Waals surface area contributed by atoms with Gasteiger partial charge in [-0.15, -0.1) is 0 Å². The van der Waals surface area contributed by atoms with Gasteiger partial charge in [0.25, 0.3) is 0 Å². The molecule has 0 saturated carbocycles. The molecule has 0 bridgehead atoms. The smallest absolute Gasteiger partial charge is 0.383 e. The van der Waals surface area contributed by atoms with E-state index in [0.29, 0.717) is 12.2 Å².